The first kappa shape index (κ1) is 14.0. The van der Waals surface area contributed by atoms with E-state index in [9.17, 15) is 13.5 Å². The van der Waals surface area contributed by atoms with Gasteiger partial charge in [-0.3, -0.25) is 0 Å². The van der Waals surface area contributed by atoms with Crippen molar-refractivity contribution in [3.05, 3.63) is 24.3 Å². The van der Waals surface area contributed by atoms with Gasteiger partial charge >= 0.3 is 0 Å². The minimum Gasteiger partial charge on any atom is -0.388 e. The maximum Gasteiger partial charge on any atom is 0.175 e. The van der Waals surface area contributed by atoms with Crippen molar-refractivity contribution < 1.29 is 13.5 Å². The standard InChI is InChI=1S/C12H19NO3S/c1-4-12(2,14)9-13-10-5-7-11(8-6-10)17(3,15)16/h5-8,13-14H,4,9H2,1-3H3. The minimum atomic E-state index is -3.14. The van der Waals surface area contributed by atoms with E-state index in [-0.39, 0.29) is 0 Å². The van der Waals surface area contributed by atoms with Crippen LogP contribution in [0.4, 0.5) is 5.69 Å². The Morgan fingerprint density at radius 1 is 1.29 bits per heavy atom. The van der Waals surface area contributed by atoms with E-state index in [1.165, 1.54) is 6.26 Å². The van der Waals surface area contributed by atoms with Crippen molar-refractivity contribution in [3.8, 4) is 0 Å². The summed E-state index contributed by atoms with van der Waals surface area (Å²) in [5, 5.41) is 12.9. The fourth-order valence-corrected chi connectivity index (χ4v) is 1.87. The molecule has 0 spiro atoms. The number of rotatable bonds is 5. The lowest BCUT2D eigenvalue weighted by Crippen LogP contribution is -2.32. The van der Waals surface area contributed by atoms with E-state index in [1.807, 2.05) is 6.92 Å². The third-order valence-electron chi connectivity index (χ3n) is 2.72. The van der Waals surface area contributed by atoms with Crippen LogP contribution in [0.3, 0.4) is 0 Å². The van der Waals surface area contributed by atoms with Gasteiger partial charge in [0.05, 0.1) is 10.5 Å². The fourth-order valence-electron chi connectivity index (χ4n) is 1.24. The van der Waals surface area contributed by atoms with E-state index < -0.39 is 15.4 Å². The van der Waals surface area contributed by atoms with Crippen molar-refractivity contribution in [1.82, 2.24) is 0 Å². The molecule has 1 unspecified atom stereocenters. The molecule has 1 rings (SSSR count). The Hall–Kier alpha value is -1.07. The largest absolute Gasteiger partial charge is 0.388 e. The summed E-state index contributed by atoms with van der Waals surface area (Å²) < 4.78 is 22.5. The monoisotopic (exact) mass is 257 g/mol. The summed E-state index contributed by atoms with van der Waals surface area (Å²) in [6, 6.07) is 6.50. The molecule has 0 amide bonds. The van der Waals surface area contributed by atoms with Crippen molar-refractivity contribution in [2.24, 2.45) is 0 Å². The molecule has 1 aromatic rings. The molecule has 5 heteroatoms. The molecule has 0 radical (unpaired) electrons. The molecule has 1 aromatic carbocycles. The topological polar surface area (TPSA) is 66.4 Å². The SMILES string of the molecule is CCC(C)(O)CNc1ccc(S(C)(=O)=O)cc1. The normalized spacial score (nSPS) is 15.3. The highest BCUT2D eigenvalue weighted by molar-refractivity contribution is 7.90. The zero-order valence-electron chi connectivity index (χ0n) is 10.4. The zero-order valence-corrected chi connectivity index (χ0v) is 11.2. The average molecular weight is 257 g/mol. The predicted molar refractivity (Wildman–Crippen MR) is 69.0 cm³/mol. The molecule has 96 valence electrons. The molecule has 0 bridgehead atoms. The van der Waals surface area contributed by atoms with Gasteiger partial charge in [-0.05, 0) is 37.6 Å². The summed E-state index contributed by atoms with van der Waals surface area (Å²) in [6.07, 6.45) is 1.83. The van der Waals surface area contributed by atoms with Crippen molar-refractivity contribution >= 4 is 15.5 Å². The lowest BCUT2D eigenvalue weighted by atomic mass is 10.0. The molecule has 0 saturated carbocycles. The highest BCUT2D eigenvalue weighted by atomic mass is 32.2. The first-order chi connectivity index (χ1) is 7.74. The molecule has 0 heterocycles. The van der Waals surface area contributed by atoms with Crippen molar-refractivity contribution in [3.63, 3.8) is 0 Å². The molecule has 4 nitrogen and oxygen atoms in total. The summed E-state index contributed by atoms with van der Waals surface area (Å²) in [5.41, 5.74) is 0.0429. The van der Waals surface area contributed by atoms with Crippen LogP contribution in [0, 0.1) is 0 Å². The van der Waals surface area contributed by atoms with Crippen LogP contribution in [0.2, 0.25) is 0 Å². The van der Waals surface area contributed by atoms with Gasteiger partial charge in [-0.1, -0.05) is 6.92 Å². The van der Waals surface area contributed by atoms with Gasteiger partial charge in [-0.15, -0.1) is 0 Å². The van der Waals surface area contributed by atoms with Gasteiger partial charge in [-0.25, -0.2) is 8.42 Å². The predicted octanol–water partition coefficient (Wildman–Crippen LogP) is 1.66. The Kier molecular flexibility index (Phi) is 4.16. The van der Waals surface area contributed by atoms with Crippen LogP contribution < -0.4 is 5.32 Å². The average Bonchev–Trinajstić information content (AvgIpc) is 2.26. The van der Waals surface area contributed by atoms with Crippen LogP contribution in [-0.4, -0.2) is 31.9 Å². The van der Waals surface area contributed by atoms with Crippen LogP contribution in [0.25, 0.3) is 0 Å². The molecule has 1 atom stereocenters. The maximum absolute atomic E-state index is 11.2. The first-order valence-corrected chi connectivity index (χ1v) is 7.40. The number of benzene rings is 1. The van der Waals surface area contributed by atoms with Crippen molar-refractivity contribution in [2.45, 2.75) is 30.8 Å². The Morgan fingerprint density at radius 3 is 2.24 bits per heavy atom. The number of nitrogens with one attached hydrogen (secondary N) is 1. The molecule has 2 N–H and O–H groups in total. The molecule has 0 aliphatic rings. The summed E-state index contributed by atoms with van der Waals surface area (Å²) in [4.78, 5) is 0.297. The van der Waals surface area contributed by atoms with Gasteiger partial charge in [0.2, 0.25) is 0 Å². The van der Waals surface area contributed by atoms with Crippen LogP contribution in [0.5, 0.6) is 0 Å². The van der Waals surface area contributed by atoms with E-state index in [4.69, 9.17) is 0 Å². The van der Waals surface area contributed by atoms with E-state index >= 15 is 0 Å². The highest BCUT2D eigenvalue weighted by Gasteiger charge is 2.16. The summed E-state index contributed by atoms with van der Waals surface area (Å²) in [6.45, 7) is 4.10. The van der Waals surface area contributed by atoms with Crippen molar-refractivity contribution in [1.29, 1.82) is 0 Å². The van der Waals surface area contributed by atoms with Gasteiger partial charge in [0.25, 0.3) is 0 Å². The van der Waals surface area contributed by atoms with Crippen LogP contribution in [0.15, 0.2) is 29.2 Å². The molecule has 0 fully saturated rings. The Balaban J connectivity index is 2.70. The Morgan fingerprint density at radius 2 is 1.82 bits per heavy atom. The van der Waals surface area contributed by atoms with E-state index in [0.717, 1.165) is 5.69 Å². The second-order valence-corrected chi connectivity index (χ2v) is 6.52. The van der Waals surface area contributed by atoms with Gasteiger partial charge in [0.15, 0.2) is 9.84 Å². The van der Waals surface area contributed by atoms with Crippen molar-refractivity contribution in [2.75, 3.05) is 18.1 Å². The van der Waals surface area contributed by atoms with E-state index in [2.05, 4.69) is 5.32 Å². The second-order valence-electron chi connectivity index (χ2n) is 4.50. The lowest BCUT2D eigenvalue weighted by Gasteiger charge is -2.22. The molecule has 0 saturated heterocycles. The van der Waals surface area contributed by atoms with Crippen LogP contribution in [-0.2, 0) is 9.84 Å². The molecule has 17 heavy (non-hydrogen) atoms. The van der Waals surface area contributed by atoms with E-state index in [0.29, 0.717) is 17.9 Å². The Bertz CT molecular complexity index is 463. The third-order valence-corrected chi connectivity index (χ3v) is 3.85. The molecule has 0 aromatic heterocycles. The molecular weight excluding hydrogens is 238 g/mol. The molecular formula is C12H19NO3S. The number of hydrogen-bond acceptors (Lipinski definition) is 4. The molecule has 0 aliphatic carbocycles. The van der Waals surface area contributed by atoms with Gasteiger partial charge in [-0.2, -0.15) is 0 Å². The number of hydrogen-bond donors (Lipinski definition) is 2. The second kappa shape index (κ2) is 5.06. The smallest absolute Gasteiger partial charge is 0.175 e. The quantitative estimate of drug-likeness (QED) is 0.842. The van der Waals surface area contributed by atoms with Gasteiger partial charge in [0, 0.05) is 18.5 Å². The number of anilines is 1. The maximum atomic E-state index is 11.2. The summed E-state index contributed by atoms with van der Waals surface area (Å²) in [7, 11) is -3.14. The minimum absolute atomic E-state index is 0.297. The van der Waals surface area contributed by atoms with Crippen LogP contribution in [0.1, 0.15) is 20.3 Å². The van der Waals surface area contributed by atoms with E-state index in [1.54, 1.807) is 31.2 Å². The van der Waals surface area contributed by atoms with Gasteiger partial charge in [0.1, 0.15) is 0 Å². The Labute approximate surface area is 103 Å². The fraction of sp³-hybridized carbons (Fsp3) is 0.500. The lowest BCUT2D eigenvalue weighted by molar-refractivity contribution is 0.0697. The summed E-state index contributed by atoms with van der Waals surface area (Å²) in [5.74, 6) is 0. The number of sulfone groups is 1. The van der Waals surface area contributed by atoms with Crippen LogP contribution >= 0.6 is 0 Å². The first-order valence-electron chi connectivity index (χ1n) is 5.51. The summed E-state index contributed by atoms with van der Waals surface area (Å²) >= 11 is 0. The van der Waals surface area contributed by atoms with Gasteiger partial charge < -0.3 is 10.4 Å². The number of aliphatic hydroxyl groups is 1. The third kappa shape index (κ3) is 4.36. The zero-order chi connectivity index (χ0) is 13.1. The molecule has 0 aliphatic heterocycles. The highest BCUT2D eigenvalue weighted by Crippen LogP contribution is 2.15.